The SMILES string of the molecule is CC(O)Cc1ccc(C(=O)Nc2nc3cc(N(C)C(=O)c4ccccc4)ccc3n2CCCN2CCCC2=O)cc1. The standard InChI is InChI=1S/C32H35N5O4/c1-22(38)20-23-11-13-24(14-12-23)30(40)34-32-33-27-21-26(35(2)31(41)25-8-4-3-5-9-25)15-16-28(27)37(32)19-7-18-36-17-6-10-29(36)39/h3-5,8-9,11-16,21-22,38H,6-7,10,17-20H2,1-2H3,(H,33,34,40). The molecule has 0 saturated carbocycles. The summed E-state index contributed by atoms with van der Waals surface area (Å²) in [5.74, 6) is 0.160. The Kier molecular flexibility index (Phi) is 8.45. The van der Waals surface area contributed by atoms with Gasteiger partial charge in [0, 0.05) is 49.9 Å². The van der Waals surface area contributed by atoms with Gasteiger partial charge in [0.2, 0.25) is 11.9 Å². The number of benzene rings is 3. The Hall–Kier alpha value is -4.50. The van der Waals surface area contributed by atoms with E-state index in [2.05, 4.69) is 5.32 Å². The molecule has 0 bridgehead atoms. The second-order valence-electron chi connectivity index (χ2n) is 10.5. The number of hydrogen-bond donors (Lipinski definition) is 2. The van der Waals surface area contributed by atoms with Crippen molar-refractivity contribution in [1.82, 2.24) is 14.5 Å². The molecule has 1 aromatic heterocycles. The van der Waals surface area contributed by atoms with Crippen molar-refractivity contribution in [2.24, 2.45) is 0 Å². The van der Waals surface area contributed by atoms with E-state index in [4.69, 9.17) is 4.98 Å². The van der Waals surface area contributed by atoms with Crippen molar-refractivity contribution in [3.05, 3.63) is 89.5 Å². The van der Waals surface area contributed by atoms with Crippen molar-refractivity contribution >= 4 is 40.4 Å². The number of aliphatic hydroxyl groups excluding tert-OH is 1. The van der Waals surface area contributed by atoms with Crippen LogP contribution in [0.1, 0.15) is 52.5 Å². The van der Waals surface area contributed by atoms with E-state index in [1.807, 2.05) is 58.0 Å². The van der Waals surface area contributed by atoms with Gasteiger partial charge >= 0.3 is 0 Å². The van der Waals surface area contributed by atoms with E-state index in [1.165, 1.54) is 0 Å². The van der Waals surface area contributed by atoms with E-state index in [0.29, 0.717) is 60.6 Å². The van der Waals surface area contributed by atoms with E-state index in [1.54, 1.807) is 43.1 Å². The zero-order valence-corrected chi connectivity index (χ0v) is 23.4. The second-order valence-corrected chi connectivity index (χ2v) is 10.5. The fourth-order valence-corrected chi connectivity index (χ4v) is 5.21. The van der Waals surface area contributed by atoms with Crippen molar-refractivity contribution in [3.63, 3.8) is 0 Å². The topological polar surface area (TPSA) is 108 Å². The summed E-state index contributed by atoms with van der Waals surface area (Å²) in [5.41, 5.74) is 4.17. The van der Waals surface area contributed by atoms with Crippen molar-refractivity contribution in [1.29, 1.82) is 0 Å². The van der Waals surface area contributed by atoms with E-state index in [0.717, 1.165) is 24.0 Å². The number of aryl methyl sites for hydroxylation is 1. The summed E-state index contributed by atoms with van der Waals surface area (Å²) in [7, 11) is 1.73. The molecule has 3 aromatic carbocycles. The molecule has 212 valence electrons. The van der Waals surface area contributed by atoms with Crippen LogP contribution in [0.15, 0.2) is 72.8 Å². The highest BCUT2D eigenvalue weighted by Gasteiger charge is 2.21. The molecule has 5 rings (SSSR count). The van der Waals surface area contributed by atoms with Crippen LogP contribution in [0.25, 0.3) is 11.0 Å². The number of hydrogen-bond acceptors (Lipinski definition) is 5. The highest BCUT2D eigenvalue weighted by molar-refractivity contribution is 6.07. The summed E-state index contributed by atoms with van der Waals surface area (Å²) in [4.78, 5) is 46.5. The third-order valence-electron chi connectivity index (χ3n) is 7.40. The number of anilines is 2. The van der Waals surface area contributed by atoms with Crippen molar-refractivity contribution < 1.29 is 19.5 Å². The fraction of sp³-hybridized carbons (Fsp3) is 0.312. The number of nitrogens with one attached hydrogen (secondary N) is 1. The van der Waals surface area contributed by atoms with Crippen LogP contribution in [0.5, 0.6) is 0 Å². The van der Waals surface area contributed by atoms with Gasteiger partial charge in [0.1, 0.15) is 0 Å². The third-order valence-corrected chi connectivity index (χ3v) is 7.40. The zero-order valence-electron chi connectivity index (χ0n) is 23.4. The van der Waals surface area contributed by atoms with Crippen LogP contribution in [-0.2, 0) is 17.8 Å². The number of aliphatic hydroxyl groups is 1. The first-order valence-corrected chi connectivity index (χ1v) is 14.0. The summed E-state index contributed by atoms with van der Waals surface area (Å²) in [6, 6.07) is 21.9. The Morgan fingerprint density at radius 2 is 1.78 bits per heavy atom. The van der Waals surface area contributed by atoms with E-state index in [-0.39, 0.29) is 17.7 Å². The normalized spacial score (nSPS) is 13.9. The van der Waals surface area contributed by atoms with Gasteiger partial charge in [-0.3, -0.25) is 19.7 Å². The van der Waals surface area contributed by atoms with E-state index in [9.17, 15) is 19.5 Å². The molecule has 3 amide bonds. The predicted molar refractivity (Wildman–Crippen MR) is 159 cm³/mol. The van der Waals surface area contributed by atoms with Gasteiger partial charge in [0.15, 0.2) is 0 Å². The molecule has 0 aliphatic carbocycles. The number of likely N-dealkylation sites (tertiary alicyclic amines) is 1. The maximum Gasteiger partial charge on any atom is 0.258 e. The maximum absolute atomic E-state index is 13.2. The molecule has 1 unspecified atom stereocenters. The predicted octanol–water partition coefficient (Wildman–Crippen LogP) is 4.50. The van der Waals surface area contributed by atoms with Crippen LogP contribution >= 0.6 is 0 Å². The number of nitrogens with zero attached hydrogens (tertiary/aromatic N) is 4. The summed E-state index contributed by atoms with van der Waals surface area (Å²) in [6.45, 7) is 3.71. The molecular formula is C32H35N5O4. The van der Waals surface area contributed by atoms with Gasteiger partial charge in [-0.25, -0.2) is 4.98 Å². The van der Waals surface area contributed by atoms with Crippen molar-refractivity contribution in [2.75, 3.05) is 30.4 Å². The van der Waals surface area contributed by atoms with Crippen LogP contribution < -0.4 is 10.2 Å². The third kappa shape index (κ3) is 6.47. The van der Waals surface area contributed by atoms with Crippen molar-refractivity contribution in [2.45, 2.75) is 45.3 Å². The Labute approximate surface area is 239 Å². The van der Waals surface area contributed by atoms with Crippen LogP contribution in [-0.4, -0.2) is 63.5 Å². The van der Waals surface area contributed by atoms with Crippen molar-refractivity contribution in [3.8, 4) is 0 Å². The molecule has 9 heteroatoms. The molecule has 1 aliphatic rings. The number of carbonyl (C=O) groups excluding carboxylic acids is 3. The number of imidazole rings is 1. The molecule has 1 aliphatic heterocycles. The monoisotopic (exact) mass is 553 g/mol. The molecule has 41 heavy (non-hydrogen) atoms. The summed E-state index contributed by atoms with van der Waals surface area (Å²) < 4.78 is 1.96. The Bertz CT molecular complexity index is 1550. The lowest BCUT2D eigenvalue weighted by molar-refractivity contribution is -0.127. The first-order valence-electron chi connectivity index (χ1n) is 14.0. The van der Waals surface area contributed by atoms with Crippen LogP contribution in [0, 0.1) is 0 Å². The van der Waals surface area contributed by atoms with E-state index < -0.39 is 6.10 Å². The number of fused-ring (bicyclic) bond motifs is 1. The largest absolute Gasteiger partial charge is 0.393 e. The Morgan fingerprint density at radius 1 is 1.02 bits per heavy atom. The molecule has 4 aromatic rings. The maximum atomic E-state index is 13.2. The second kappa shape index (κ2) is 12.3. The first-order chi connectivity index (χ1) is 19.8. The number of rotatable bonds is 10. The van der Waals surface area contributed by atoms with E-state index >= 15 is 0 Å². The molecule has 9 nitrogen and oxygen atoms in total. The first kappa shape index (κ1) is 28.0. The van der Waals surface area contributed by atoms with Crippen LogP contribution in [0.4, 0.5) is 11.6 Å². The van der Waals surface area contributed by atoms with Gasteiger partial charge in [0.05, 0.1) is 17.1 Å². The quantitative estimate of drug-likeness (QED) is 0.301. The number of carbonyl (C=O) groups is 3. The highest BCUT2D eigenvalue weighted by Crippen LogP contribution is 2.27. The average Bonchev–Trinajstić information content (AvgIpc) is 3.54. The summed E-state index contributed by atoms with van der Waals surface area (Å²) >= 11 is 0. The molecule has 1 atom stereocenters. The lowest BCUT2D eigenvalue weighted by atomic mass is 10.1. The number of amides is 3. The molecule has 2 heterocycles. The van der Waals surface area contributed by atoms with Gasteiger partial charge in [-0.15, -0.1) is 0 Å². The molecular weight excluding hydrogens is 518 g/mol. The zero-order chi connectivity index (χ0) is 28.9. The minimum atomic E-state index is -0.461. The molecule has 0 radical (unpaired) electrons. The van der Waals surface area contributed by atoms with Gasteiger partial charge in [0.25, 0.3) is 11.8 Å². The summed E-state index contributed by atoms with van der Waals surface area (Å²) in [5, 5.41) is 12.6. The smallest absolute Gasteiger partial charge is 0.258 e. The molecule has 2 N–H and O–H groups in total. The minimum Gasteiger partial charge on any atom is -0.393 e. The minimum absolute atomic E-state index is 0.132. The van der Waals surface area contributed by atoms with Gasteiger partial charge in [-0.1, -0.05) is 30.3 Å². The fourth-order valence-electron chi connectivity index (χ4n) is 5.21. The number of aromatic nitrogens is 2. The van der Waals surface area contributed by atoms with Gasteiger partial charge in [-0.05, 0) is 74.2 Å². The molecule has 0 spiro atoms. The van der Waals surface area contributed by atoms with Gasteiger partial charge in [-0.2, -0.15) is 0 Å². The molecule has 1 fully saturated rings. The Morgan fingerprint density at radius 3 is 2.46 bits per heavy atom. The molecule has 1 saturated heterocycles. The lowest BCUT2D eigenvalue weighted by Crippen LogP contribution is -2.26. The van der Waals surface area contributed by atoms with Gasteiger partial charge < -0.3 is 19.5 Å². The lowest BCUT2D eigenvalue weighted by Gasteiger charge is -2.18. The Balaban J connectivity index is 1.40. The highest BCUT2D eigenvalue weighted by atomic mass is 16.3. The average molecular weight is 554 g/mol. The summed E-state index contributed by atoms with van der Waals surface area (Å²) in [6.07, 6.45) is 2.26. The van der Waals surface area contributed by atoms with Crippen LogP contribution in [0.2, 0.25) is 0 Å². The van der Waals surface area contributed by atoms with Crippen LogP contribution in [0.3, 0.4) is 0 Å².